The minimum atomic E-state index is -3.77. The van der Waals surface area contributed by atoms with Crippen molar-refractivity contribution < 1.29 is 8.42 Å². The van der Waals surface area contributed by atoms with Crippen LogP contribution in [0.2, 0.25) is 0 Å². The lowest BCUT2D eigenvalue weighted by atomic mass is 10.5. The number of rotatable bonds is 4. The molecule has 2 heterocycles. The SMILES string of the molecule is NNc1ncccc1S(=O)(=O)Nc1ncc(Br)s1. The Balaban J connectivity index is 2.36. The summed E-state index contributed by atoms with van der Waals surface area (Å²) in [6, 6.07) is 2.90. The zero-order chi connectivity index (χ0) is 13.2. The Kier molecular flexibility index (Phi) is 3.80. The molecule has 0 aromatic carbocycles. The summed E-state index contributed by atoms with van der Waals surface area (Å²) in [5, 5.41) is 0.258. The molecular formula is C8H8BrN5O2S2. The van der Waals surface area contributed by atoms with Crippen molar-refractivity contribution in [3.8, 4) is 0 Å². The summed E-state index contributed by atoms with van der Waals surface area (Å²) in [5.41, 5.74) is 2.24. The first-order valence-corrected chi connectivity index (χ1v) is 7.68. The number of hydrogen-bond acceptors (Lipinski definition) is 7. The van der Waals surface area contributed by atoms with Crippen LogP contribution >= 0.6 is 27.3 Å². The first-order chi connectivity index (χ1) is 8.53. The predicted molar refractivity (Wildman–Crippen MR) is 72.7 cm³/mol. The molecule has 0 radical (unpaired) electrons. The molecule has 7 nitrogen and oxygen atoms in total. The van der Waals surface area contributed by atoms with Crippen LogP contribution in [0.1, 0.15) is 0 Å². The zero-order valence-electron chi connectivity index (χ0n) is 8.79. The van der Waals surface area contributed by atoms with Gasteiger partial charge >= 0.3 is 0 Å². The van der Waals surface area contributed by atoms with Crippen LogP contribution in [0.25, 0.3) is 0 Å². The minimum absolute atomic E-state index is 0.0428. The molecule has 0 fully saturated rings. The number of hydrogen-bond donors (Lipinski definition) is 3. The van der Waals surface area contributed by atoms with Gasteiger partial charge in [-0.1, -0.05) is 11.3 Å². The Morgan fingerprint density at radius 3 is 2.78 bits per heavy atom. The monoisotopic (exact) mass is 349 g/mol. The van der Waals surface area contributed by atoms with Crippen LogP contribution in [-0.4, -0.2) is 18.4 Å². The van der Waals surface area contributed by atoms with Gasteiger partial charge in [-0.25, -0.2) is 24.2 Å². The van der Waals surface area contributed by atoms with Crippen molar-refractivity contribution in [1.82, 2.24) is 9.97 Å². The molecule has 0 unspecified atom stereocenters. The summed E-state index contributed by atoms with van der Waals surface area (Å²) in [4.78, 5) is 7.68. The first kappa shape index (κ1) is 13.2. The Bertz CT molecular complexity index is 657. The molecule has 2 rings (SSSR count). The lowest BCUT2D eigenvalue weighted by Gasteiger charge is -2.08. The van der Waals surface area contributed by atoms with Crippen LogP contribution in [-0.2, 0) is 10.0 Å². The second kappa shape index (κ2) is 5.18. The van der Waals surface area contributed by atoms with E-state index in [1.807, 2.05) is 0 Å². The number of nitrogens with zero attached hydrogens (tertiary/aromatic N) is 2. The standard InChI is InChI=1S/C8H8BrN5O2S2/c9-6-4-12-8(17-6)14-18(15,16)5-2-1-3-11-7(5)13-10/h1-4H,10H2,(H,11,13)(H,12,14). The van der Waals surface area contributed by atoms with E-state index in [-0.39, 0.29) is 15.8 Å². The van der Waals surface area contributed by atoms with Gasteiger partial charge in [-0.05, 0) is 28.1 Å². The number of nitrogens with two attached hydrogens (primary N) is 1. The maximum Gasteiger partial charge on any atom is 0.267 e. The van der Waals surface area contributed by atoms with Crippen molar-refractivity contribution >= 4 is 48.2 Å². The number of nitrogen functional groups attached to an aromatic ring is 1. The van der Waals surface area contributed by atoms with Crippen LogP contribution in [0, 0.1) is 0 Å². The lowest BCUT2D eigenvalue weighted by molar-refractivity contribution is 0.601. The maximum atomic E-state index is 12.1. The van der Waals surface area contributed by atoms with E-state index in [0.717, 1.165) is 3.79 Å². The Morgan fingerprint density at radius 1 is 1.39 bits per heavy atom. The summed E-state index contributed by atoms with van der Waals surface area (Å²) < 4.78 is 27.3. The quantitative estimate of drug-likeness (QED) is 0.568. The minimum Gasteiger partial charge on any atom is -0.307 e. The van der Waals surface area contributed by atoms with Crippen LogP contribution in [0.3, 0.4) is 0 Å². The van der Waals surface area contributed by atoms with Gasteiger partial charge in [0.1, 0.15) is 4.90 Å². The number of pyridine rings is 1. The second-order valence-electron chi connectivity index (χ2n) is 3.07. The number of thiazole rings is 1. The average molecular weight is 350 g/mol. The molecule has 96 valence electrons. The number of hydrazine groups is 1. The number of nitrogens with one attached hydrogen (secondary N) is 2. The van der Waals surface area contributed by atoms with Gasteiger partial charge in [0, 0.05) is 6.20 Å². The van der Waals surface area contributed by atoms with Crippen LogP contribution < -0.4 is 16.0 Å². The molecule has 0 aliphatic heterocycles. The molecule has 0 spiro atoms. The van der Waals surface area contributed by atoms with E-state index < -0.39 is 10.0 Å². The van der Waals surface area contributed by atoms with E-state index >= 15 is 0 Å². The molecule has 0 atom stereocenters. The number of sulfonamides is 1. The van der Waals surface area contributed by atoms with Gasteiger partial charge < -0.3 is 5.43 Å². The summed E-state index contributed by atoms with van der Waals surface area (Å²) in [6.07, 6.45) is 2.95. The summed E-state index contributed by atoms with van der Waals surface area (Å²) >= 11 is 4.37. The van der Waals surface area contributed by atoms with E-state index in [4.69, 9.17) is 5.84 Å². The number of aromatic nitrogens is 2. The highest BCUT2D eigenvalue weighted by molar-refractivity contribution is 9.11. The number of anilines is 2. The Labute approximate surface area is 116 Å². The summed E-state index contributed by atoms with van der Waals surface area (Å²) in [7, 11) is -3.77. The molecule has 0 saturated heterocycles. The summed E-state index contributed by atoms with van der Waals surface area (Å²) in [6.45, 7) is 0. The van der Waals surface area contributed by atoms with E-state index in [0.29, 0.717) is 0 Å². The van der Waals surface area contributed by atoms with Crippen LogP contribution in [0.15, 0.2) is 33.2 Å². The molecular weight excluding hydrogens is 342 g/mol. The lowest BCUT2D eigenvalue weighted by Crippen LogP contribution is -2.18. The van der Waals surface area contributed by atoms with Gasteiger partial charge in [0.2, 0.25) is 0 Å². The predicted octanol–water partition coefficient (Wildman–Crippen LogP) is 1.39. The smallest absolute Gasteiger partial charge is 0.267 e. The van der Waals surface area contributed by atoms with E-state index in [1.54, 1.807) is 0 Å². The van der Waals surface area contributed by atoms with Gasteiger partial charge in [-0.15, -0.1) is 0 Å². The molecule has 0 saturated carbocycles. The fourth-order valence-electron chi connectivity index (χ4n) is 1.19. The Hall–Kier alpha value is -1.23. The zero-order valence-corrected chi connectivity index (χ0v) is 12.0. The van der Waals surface area contributed by atoms with Gasteiger partial charge in [0.05, 0.1) is 9.98 Å². The average Bonchev–Trinajstić information content (AvgIpc) is 2.74. The molecule has 4 N–H and O–H groups in total. The third kappa shape index (κ3) is 2.77. The third-order valence-corrected chi connectivity index (χ3v) is 4.79. The number of halogens is 1. The van der Waals surface area contributed by atoms with E-state index in [9.17, 15) is 8.42 Å². The summed E-state index contributed by atoms with van der Waals surface area (Å²) in [5.74, 6) is 5.29. The largest absolute Gasteiger partial charge is 0.307 e. The first-order valence-electron chi connectivity index (χ1n) is 4.59. The van der Waals surface area contributed by atoms with Crippen LogP contribution in [0.5, 0.6) is 0 Å². The molecule has 0 aliphatic carbocycles. The van der Waals surface area contributed by atoms with Gasteiger partial charge in [-0.3, -0.25) is 4.72 Å². The van der Waals surface area contributed by atoms with Crippen molar-refractivity contribution in [2.24, 2.45) is 5.84 Å². The van der Waals surface area contributed by atoms with Gasteiger partial charge in [0.15, 0.2) is 10.9 Å². The van der Waals surface area contributed by atoms with Gasteiger partial charge in [-0.2, -0.15) is 0 Å². The second-order valence-corrected chi connectivity index (χ2v) is 7.13. The van der Waals surface area contributed by atoms with Crippen molar-refractivity contribution in [3.05, 3.63) is 28.3 Å². The molecule has 0 bridgehead atoms. The molecule has 2 aromatic rings. The fourth-order valence-corrected chi connectivity index (χ4v) is 3.66. The molecule has 10 heteroatoms. The van der Waals surface area contributed by atoms with Gasteiger partial charge in [0.25, 0.3) is 10.0 Å². The molecule has 2 aromatic heterocycles. The highest BCUT2D eigenvalue weighted by atomic mass is 79.9. The van der Waals surface area contributed by atoms with Crippen molar-refractivity contribution in [3.63, 3.8) is 0 Å². The highest BCUT2D eigenvalue weighted by Crippen LogP contribution is 2.26. The maximum absolute atomic E-state index is 12.1. The highest BCUT2D eigenvalue weighted by Gasteiger charge is 2.20. The molecule has 0 aliphatic rings. The Morgan fingerprint density at radius 2 is 2.17 bits per heavy atom. The van der Waals surface area contributed by atoms with Crippen molar-refractivity contribution in [2.75, 3.05) is 10.1 Å². The molecule has 18 heavy (non-hydrogen) atoms. The van der Waals surface area contributed by atoms with E-state index in [1.165, 1.54) is 35.9 Å². The fraction of sp³-hybridized carbons (Fsp3) is 0. The van der Waals surface area contributed by atoms with Crippen molar-refractivity contribution in [2.45, 2.75) is 4.90 Å². The van der Waals surface area contributed by atoms with Crippen molar-refractivity contribution in [1.29, 1.82) is 0 Å². The van der Waals surface area contributed by atoms with Crippen LogP contribution in [0.4, 0.5) is 10.9 Å². The third-order valence-electron chi connectivity index (χ3n) is 1.90. The van der Waals surface area contributed by atoms with E-state index in [2.05, 4.69) is 36.0 Å². The normalized spacial score (nSPS) is 11.2. The topological polar surface area (TPSA) is 110 Å². The molecule has 0 amide bonds.